The van der Waals surface area contributed by atoms with Crippen molar-refractivity contribution < 1.29 is 19.0 Å². The van der Waals surface area contributed by atoms with Crippen LogP contribution in [-0.2, 0) is 0 Å². The minimum Gasteiger partial charge on any atom is -0.478 e. The number of carboxylic acid groups (broad SMARTS) is 1. The molecule has 2 rings (SSSR count). The number of rotatable bonds is 3. The van der Waals surface area contributed by atoms with E-state index >= 15 is 0 Å². The smallest absolute Gasteiger partial charge is 0.339 e. The summed E-state index contributed by atoms with van der Waals surface area (Å²) in [5, 5.41) is 8.86. The first kappa shape index (κ1) is 12.9. The fraction of sp³-hybridized carbons (Fsp3) is 0.154. The highest BCUT2D eigenvalue weighted by atomic mass is 19.1. The molecule has 19 heavy (non-hydrogen) atoms. The van der Waals surface area contributed by atoms with Crippen LogP contribution < -0.4 is 4.74 Å². The number of hydrogen-bond donors (Lipinski definition) is 1. The van der Waals surface area contributed by atoms with Gasteiger partial charge in [0.1, 0.15) is 11.6 Å². The van der Waals surface area contributed by atoms with Crippen molar-refractivity contribution in [3.63, 3.8) is 0 Å². The van der Waals surface area contributed by atoms with Crippen LogP contribution in [0.25, 0.3) is 0 Å². The minimum absolute atomic E-state index is 0.00307. The van der Waals surface area contributed by atoms with Crippen molar-refractivity contribution in [3.05, 3.63) is 47.0 Å². The lowest BCUT2D eigenvalue weighted by Gasteiger charge is -2.08. The Morgan fingerprint density at radius 3 is 2.74 bits per heavy atom. The summed E-state index contributed by atoms with van der Waals surface area (Å²) >= 11 is 0. The van der Waals surface area contributed by atoms with Gasteiger partial charge in [0.05, 0.1) is 11.3 Å². The van der Waals surface area contributed by atoms with Crippen LogP contribution in [0.3, 0.4) is 0 Å². The van der Waals surface area contributed by atoms with Gasteiger partial charge < -0.3 is 9.84 Å². The van der Waals surface area contributed by atoms with Crippen LogP contribution in [-0.4, -0.2) is 21.0 Å². The van der Waals surface area contributed by atoms with Crippen molar-refractivity contribution in [2.24, 2.45) is 0 Å². The van der Waals surface area contributed by atoms with Crippen LogP contribution in [0, 0.1) is 19.7 Å². The van der Waals surface area contributed by atoms with E-state index in [9.17, 15) is 9.18 Å². The van der Waals surface area contributed by atoms with Crippen molar-refractivity contribution in [3.8, 4) is 11.8 Å². The summed E-state index contributed by atoms with van der Waals surface area (Å²) in [6.07, 6.45) is 1.16. The predicted octanol–water partition coefficient (Wildman–Crippen LogP) is 2.72. The van der Waals surface area contributed by atoms with Gasteiger partial charge in [-0.05, 0) is 25.5 Å². The topological polar surface area (TPSA) is 72.3 Å². The number of carboxylic acids is 1. The molecule has 0 aliphatic carbocycles. The first-order valence-corrected chi connectivity index (χ1v) is 5.48. The molecule has 0 saturated heterocycles. The van der Waals surface area contributed by atoms with Gasteiger partial charge in [-0.1, -0.05) is 6.07 Å². The fourth-order valence-electron chi connectivity index (χ4n) is 1.49. The molecule has 0 amide bonds. The maximum Gasteiger partial charge on any atom is 0.339 e. The molecule has 98 valence electrons. The first-order chi connectivity index (χ1) is 8.97. The Hall–Kier alpha value is -2.50. The van der Waals surface area contributed by atoms with E-state index in [1.54, 1.807) is 13.0 Å². The van der Waals surface area contributed by atoms with E-state index in [2.05, 4.69) is 9.97 Å². The molecule has 0 unspecified atom stereocenters. The van der Waals surface area contributed by atoms with Gasteiger partial charge in [0.25, 0.3) is 0 Å². The number of benzene rings is 1. The Kier molecular flexibility index (Phi) is 3.41. The van der Waals surface area contributed by atoms with Crippen molar-refractivity contribution in [2.75, 3.05) is 0 Å². The summed E-state index contributed by atoms with van der Waals surface area (Å²) in [6.45, 7) is 3.30. The monoisotopic (exact) mass is 262 g/mol. The molecule has 0 aliphatic heterocycles. The van der Waals surface area contributed by atoms with Crippen molar-refractivity contribution in [2.45, 2.75) is 13.8 Å². The molecular weight excluding hydrogens is 251 g/mol. The molecule has 6 heteroatoms. The van der Waals surface area contributed by atoms with Gasteiger partial charge in [0.2, 0.25) is 0 Å². The van der Waals surface area contributed by atoms with Gasteiger partial charge >= 0.3 is 12.0 Å². The second-order valence-electron chi connectivity index (χ2n) is 3.97. The maximum atomic E-state index is 13.1. The highest BCUT2D eigenvalue weighted by Crippen LogP contribution is 2.23. The Labute approximate surface area is 108 Å². The molecule has 0 spiro atoms. The average molecular weight is 262 g/mol. The molecule has 0 aliphatic rings. The Bertz CT molecular complexity index is 644. The summed E-state index contributed by atoms with van der Waals surface area (Å²) in [5.41, 5.74) is 1.01. The van der Waals surface area contributed by atoms with Gasteiger partial charge in [-0.25, -0.2) is 14.2 Å². The molecule has 0 atom stereocenters. The quantitative estimate of drug-likeness (QED) is 0.920. The molecule has 0 bridgehead atoms. The summed E-state index contributed by atoms with van der Waals surface area (Å²) < 4.78 is 18.5. The van der Waals surface area contributed by atoms with Gasteiger partial charge in [0.15, 0.2) is 0 Å². The summed E-state index contributed by atoms with van der Waals surface area (Å²) in [6, 6.07) is 4.10. The molecule has 5 nitrogen and oxygen atoms in total. The van der Waals surface area contributed by atoms with Gasteiger partial charge in [-0.15, -0.1) is 0 Å². The van der Waals surface area contributed by atoms with Crippen LogP contribution in [0.5, 0.6) is 11.8 Å². The number of carbonyl (C=O) groups is 1. The highest BCUT2D eigenvalue weighted by molar-refractivity contribution is 5.88. The number of aryl methyl sites for hydroxylation is 2. The SMILES string of the molecule is Cc1ccc(F)cc1Oc1ncc(C(=O)O)c(C)n1. The Balaban J connectivity index is 2.31. The standard InChI is InChI=1S/C13H11FN2O3/c1-7-3-4-9(14)5-11(7)19-13-15-6-10(12(17)18)8(2)16-13/h3-6H,1-2H3,(H,17,18). The molecule has 1 aromatic carbocycles. The van der Waals surface area contributed by atoms with Crippen LogP contribution in [0.4, 0.5) is 4.39 Å². The lowest BCUT2D eigenvalue weighted by Crippen LogP contribution is -2.04. The first-order valence-electron chi connectivity index (χ1n) is 5.48. The molecular formula is C13H11FN2O3. The van der Waals surface area contributed by atoms with E-state index in [-0.39, 0.29) is 17.3 Å². The van der Waals surface area contributed by atoms with E-state index in [0.29, 0.717) is 5.75 Å². The second kappa shape index (κ2) is 5.01. The summed E-state index contributed by atoms with van der Waals surface area (Å²) in [4.78, 5) is 18.5. The third-order valence-electron chi connectivity index (χ3n) is 2.54. The largest absolute Gasteiger partial charge is 0.478 e. The number of aromatic carboxylic acids is 1. The van der Waals surface area contributed by atoms with Crippen LogP contribution in [0.1, 0.15) is 21.6 Å². The van der Waals surface area contributed by atoms with E-state index in [4.69, 9.17) is 9.84 Å². The number of ether oxygens (including phenoxy) is 1. The van der Waals surface area contributed by atoms with E-state index in [1.165, 1.54) is 19.1 Å². The average Bonchev–Trinajstić information content (AvgIpc) is 2.33. The molecule has 1 N–H and O–H groups in total. The van der Waals surface area contributed by atoms with Crippen molar-refractivity contribution in [1.29, 1.82) is 0 Å². The van der Waals surface area contributed by atoms with Crippen LogP contribution in [0.15, 0.2) is 24.4 Å². The zero-order valence-electron chi connectivity index (χ0n) is 10.3. The highest BCUT2D eigenvalue weighted by Gasteiger charge is 2.12. The number of hydrogen-bond acceptors (Lipinski definition) is 4. The normalized spacial score (nSPS) is 10.3. The molecule has 1 heterocycles. The van der Waals surface area contributed by atoms with E-state index < -0.39 is 11.8 Å². The van der Waals surface area contributed by atoms with Crippen LogP contribution >= 0.6 is 0 Å². The Morgan fingerprint density at radius 1 is 1.37 bits per heavy atom. The van der Waals surface area contributed by atoms with Crippen molar-refractivity contribution in [1.82, 2.24) is 9.97 Å². The summed E-state index contributed by atoms with van der Waals surface area (Å²) in [7, 11) is 0. The van der Waals surface area contributed by atoms with Gasteiger partial charge in [-0.3, -0.25) is 0 Å². The zero-order valence-corrected chi connectivity index (χ0v) is 10.3. The molecule has 0 saturated carbocycles. The van der Waals surface area contributed by atoms with E-state index in [0.717, 1.165) is 11.8 Å². The third kappa shape index (κ3) is 2.85. The van der Waals surface area contributed by atoms with Gasteiger partial charge in [-0.2, -0.15) is 4.98 Å². The maximum absolute atomic E-state index is 13.1. The van der Waals surface area contributed by atoms with Crippen molar-refractivity contribution >= 4 is 5.97 Å². The molecule has 0 radical (unpaired) electrons. The minimum atomic E-state index is -1.11. The lowest BCUT2D eigenvalue weighted by molar-refractivity contribution is 0.0695. The number of nitrogens with zero attached hydrogens (tertiary/aromatic N) is 2. The third-order valence-corrected chi connectivity index (χ3v) is 2.54. The van der Waals surface area contributed by atoms with Gasteiger partial charge in [0, 0.05) is 12.3 Å². The van der Waals surface area contributed by atoms with E-state index in [1.807, 2.05) is 0 Å². The Morgan fingerprint density at radius 2 is 2.11 bits per heavy atom. The molecule has 1 aromatic heterocycles. The molecule has 2 aromatic rings. The number of halogens is 1. The second-order valence-corrected chi connectivity index (χ2v) is 3.97. The molecule has 0 fully saturated rings. The zero-order chi connectivity index (χ0) is 14.0. The lowest BCUT2D eigenvalue weighted by atomic mass is 10.2. The fourth-order valence-corrected chi connectivity index (χ4v) is 1.49. The van der Waals surface area contributed by atoms with Crippen LogP contribution in [0.2, 0.25) is 0 Å². The number of aromatic nitrogens is 2. The summed E-state index contributed by atoms with van der Waals surface area (Å²) in [5.74, 6) is -1.24. The predicted molar refractivity (Wildman–Crippen MR) is 64.9 cm³/mol.